The highest BCUT2D eigenvalue weighted by Crippen LogP contribution is 2.11. The van der Waals surface area contributed by atoms with Crippen molar-refractivity contribution in [3.05, 3.63) is 53.9 Å². The maximum Gasteiger partial charge on any atom is 0.319 e. The van der Waals surface area contributed by atoms with Gasteiger partial charge in [-0.1, -0.05) is 19.9 Å². The normalized spacial score (nSPS) is 10.4. The van der Waals surface area contributed by atoms with Crippen LogP contribution in [0.1, 0.15) is 29.8 Å². The second-order valence-electron chi connectivity index (χ2n) is 6.68. The van der Waals surface area contributed by atoms with Crippen molar-refractivity contribution in [3.63, 3.8) is 0 Å². The Kier molecular flexibility index (Phi) is 7.61. The van der Waals surface area contributed by atoms with Gasteiger partial charge in [-0.15, -0.1) is 0 Å². The molecule has 7 nitrogen and oxygen atoms in total. The molecular formula is C20H27N5O2. The van der Waals surface area contributed by atoms with Crippen LogP contribution in [0.15, 0.2) is 42.7 Å². The van der Waals surface area contributed by atoms with Gasteiger partial charge in [0.2, 0.25) is 0 Å². The second-order valence-corrected chi connectivity index (χ2v) is 6.68. The van der Waals surface area contributed by atoms with Gasteiger partial charge >= 0.3 is 6.03 Å². The Morgan fingerprint density at radius 1 is 1.11 bits per heavy atom. The van der Waals surface area contributed by atoms with E-state index in [1.54, 1.807) is 36.7 Å². The maximum absolute atomic E-state index is 12.1. The summed E-state index contributed by atoms with van der Waals surface area (Å²) in [6.45, 7) is 7.71. The van der Waals surface area contributed by atoms with E-state index in [1.165, 1.54) is 0 Å². The number of carbonyl (C=O) groups is 2. The van der Waals surface area contributed by atoms with E-state index in [1.807, 2.05) is 26.8 Å². The molecule has 0 aliphatic carbocycles. The lowest BCUT2D eigenvalue weighted by Gasteiger charge is -2.11. The van der Waals surface area contributed by atoms with Gasteiger partial charge in [-0.25, -0.2) is 4.79 Å². The molecule has 1 aromatic heterocycles. The molecule has 0 radical (unpaired) electrons. The Hall–Kier alpha value is -3.09. The van der Waals surface area contributed by atoms with Crippen LogP contribution in [0, 0.1) is 12.8 Å². The Labute approximate surface area is 160 Å². The number of nitrogens with one attached hydrogen (secondary N) is 4. The SMILES string of the molecule is Cc1cnccc1NCCNC(=O)Nc1cccc(C(=O)NCC(C)C)c1. The van der Waals surface area contributed by atoms with Gasteiger partial charge in [0.25, 0.3) is 5.91 Å². The number of urea groups is 1. The third-order valence-corrected chi connectivity index (χ3v) is 3.80. The first kappa shape index (κ1) is 20.2. The van der Waals surface area contributed by atoms with Gasteiger partial charge in [-0.2, -0.15) is 0 Å². The van der Waals surface area contributed by atoms with E-state index in [9.17, 15) is 9.59 Å². The average Bonchev–Trinajstić information content (AvgIpc) is 2.64. The number of carbonyl (C=O) groups excluding carboxylic acids is 2. The molecule has 1 aromatic carbocycles. The first-order valence-electron chi connectivity index (χ1n) is 9.03. The van der Waals surface area contributed by atoms with Gasteiger partial charge in [0.15, 0.2) is 0 Å². The fourth-order valence-electron chi connectivity index (χ4n) is 2.36. The number of aryl methyl sites for hydroxylation is 1. The minimum Gasteiger partial charge on any atom is -0.383 e. The summed E-state index contributed by atoms with van der Waals surface area (Å²) in [5.74, 6) is 0.232. The van der Waals surface area contributed by atoms with E-state index < -0.39 is 0 Å². The predicted molar refractivity (Wildman–Crippen MR) is 108 cm³/mol. The summed E-state index contributed by atoms with van der Waals surface area (Å²) in [6.07, 6.45) is 3.51. The van der Waals surface area contributed by atoms with Crippen molar-refractivity contribution in [1.82, 2.24) is 15.6 Å². The minimum atomic E-state index is -0.317. The van der Waals surface area contributed by atoms with E-state index >= 15 is 0 Å². The highest BCUT2D eigenvalue weighted by atomic mass is 16.2. The number of hydrogen-bond acceptors (Lipinski definition) is 4. The molecule has 0 saturated heterocycles. The fourth-order valence-corrected chi connectivity index (χ4v) is 2.36. The molecule has 1 heterocycles. The van der Waals surface area contributed by atoms with Crippen molar-refractivity contribution in [3.8, 4) is 0 Å². The lowest BCUT2D eigenvalue weighted by Crippen LogP contribution is -2.33. The van der Waals surface area contributed by atoms with Crippen LogP contribution in [0.25, 0.3) is 0 Å². The maximum atomic E-state index is 12.1. The Balaban J connectivity index is 1.77. The van der Waals surface area contributed by atoms with Gasteiger partial charge in [-0.3, -0.25) is 9.78 Å². The number of rotatable bonds is 8. The molecule has 0 saturated carbocycles. The van der Waals surface area contributed by atoms with Crippen molar-refractivity contribution < 1.29 is 9.59 Å². The molecule has 0 fully saturated rings. The third kappa shape index (κ3) is 6.97. The number of hydrogen-bond donors (Lipinski definition) is 4. The topological polar surface area (TPSA) is 95.2 Å². The zero-order chi connectivity index (χ0) is 19.6. The van der Waals surface area contributed by atoms with Crippen molar-refractivity contribution >= 4 is 23.3 Å². The number of anilines is 2. The standard InChI is InChI=1S/C20H27N5O2/c1-14(2)12-24-19(26)16-5-4-6-17(11-16)25-20(27)23-10-9-22-18-7-8-21-13-15(18)3/h4-8,11,13-14H,9-10,12H2,1-3H3,(H,21,22)(H,24,26)(H2,23,25,27). The first-order valence-corrected chi connectivity index (χ1v) is 9.03. The summed E-state index contributed by atoms with van der Waals surface area (Å²) in [7, 11) is 0. The molecule has 2 aromatic rings. The molecule has 7 heteroatoms. The summed E-state index contributed by atoms with van der Waals surface area (Å²) >= 11 is 0. The molecule has 0 atom stereocenters. The lowest BCUT2D eigenvalue weighted by atomic mass is 10.1. The lowest BCUT2D eigenvalue weighted by molar-refractivity contribution is 0.0949. The van der Waals surface area contributed by atoms with E-state index in [2.05, 4.69) is 26.3 Å². The second kappa shape index (κ2) is 10.2. The van der Waals surface area contributed by atoms with Crippen LogP contribution in [-0.4, -0.2) is 36.6 Å². The highest BCUT2D eigenvalue weighted by Gasteiger charge is 2.08. The number of benzene rings is 1. The largest absolute Gasteiger partial charge is 0.383 e. The van der Waals surface area contributed by atoms with Crippen LogP contribution in [0.4, 0.5) is 16.2 Å². The molecule has 0 unspecified atom stereocenters. The van der Waals surface area contributed by atoms with Crippen molar-refractivity contribution in [1.29, 1.82) is 0 Å². The molecule has 0 aliphatic heterocycles. The molecular weight excluding hydrogens is 342 g/mol. The fraction of sp³-hybridized carbons (Fsp3) is 0.350. The Morgan fingerprint density at radius 3 is 2.67 bits per heavy atom. The third-order valence-electron chi connectivity index (χ3n) is 3.80. The van der Waals surface area contributed by atoms with Gasteiger partial charge in [0, 0.05) is 49.0 Å². The van der Waals surface area contributed by atoms with Crippen molar-refractivity contribution in [2.24, 2.45) is 5.92 Å². The Bertz CT molecular complexity index is 776. The number of aromatic nitrogens is 1. The van der Waals surface area contributed by atoms with Gasteiger partial charge in [-0.05, 0) is 42.7 Å². The van der Waals surface area contributed by atoms with Crippen LogP contribution >= 0.6 is 0 Å². The first-order chi connectivity index (χ1) is 13.0. The monoisotopic (exact) mass is 369 g/mol. The quantitative estimate of drug-likeness (QED) is 0.538. The van der Waals surface area contributed by atoms with Crippen molar-refractivity contribution in [2.75, 3.05) is 30.3 Å². The number of amides is 3. The van der Waals surface area contributed by atoms with Gasteiger partial charge in [0.1, 0.15) is 0 Å². The molecule has 3 amide bonds. The zero-order valence-corrected chi connectivity index (χ0v) is 16.0. The summed E-state index contributed by atoms with van der Waals surface area (Å²) in [6, 6.07) is 8.45. The summed E-state index contributed by atoms with van der Waals surface area (Å²) in [4.78, 5) is 28.2. The molecule has 0 spiro atoms. The predicted octanol–water partition coefficient (Wildman–Crippen LogP) is 3.01. The van der Waals surface area contributed by atoms with Crippen LogP contribution in [-0.2, 0) is 0 Å². The number of nitrogens with zero attached hydrogens (tertiary/aromatic N) is 1. The molecule has 27 heavy (non-hydrogen) atoms. The van der Waals surface area contributed by atoms with Crippen LogP contribution in [0.5, 0.6) is 0 Å². The molecule has 144 valence electrons. The van der Waals surface area contributed by atoms with E-state index in [0.717, 1.165) is 11.3 Å². The van der Waals surface area contributed by atoms with Crippen LogP contribution < -0.4 is 21.3 Å². The zero-order valence-electron chi connectivity index (χ0n) is 16.0. The number of pyridine rings is 1. The van der Waals surface area contributed by atoms with Crippen LogP contribution in [0.3, 0.4) is 0 Å². The van der Waals surface area contributed by atoms with Crippen molar-refractivity contribution in [2.45, 2.75) is 20.8 Å². The highest BCUT2D eigenvalue weighted by molar-refractivity contribution is 5.96. The summed E-state index contributed by atoms with van der Waals surface area (Å²) in [5, 5.41) is 11.6. The molecule has 0 bridgehead atoms. The summed E-state index contributed by atoms with van der Waals surface area (Å²) < 4.78 is 0. The summed E-state index contributed by atoms with van der Waals surface area (Å²) in [5.41, 5.74) is 3.13. The van der Waals surface area contributed by atoms with E-state index in [4.69, 9.17) is 0 Å². The van der Waals surface area contributed by atoms with E-state index in [-0.39, 0.29) is 11.9 Å². The Morgan fingerprint density at radius 2 is 1.93 bits per heavy atom. The minimum absolute atomic E-state index is 0.148. The van der Waals surface area contributed by atoms with Gasteiger partial charge in [0.05, 0.1) is 0 Å². The van der Waals surface area contributed by atoms with Gasteiger partial charge < -0.3 is 21.3 Å². The molecule has 0 aliphatic rings. The molecule has 2 rings (SSSR count). The average molecular weight is 369 g/mol. The molecule has 4 N–H and O–H groups in total. The smallest absolute Gasteiger partial charge is 0.319 e. The van der Waals surface area contributed by atoms with Crippen LogP contribution in [0.2, 0.25) is 0 Å². The van der Waals surface area contributed by atoms with E-state index in [0.29, 0.717) is 36.8 Å².